The average Bonchev–Trinajstić information content (AvgIpc) is 3.17. The minimum absolute atomic E-state index is 0.00759. The normalized spacial score (nSPS) is 17.3. The number of rotatable bonds is 10. The molecular weight excluding hydrogens is 455 g/mol. The highest BCUT2D eigenvalue weighted by Crippen LogP contribution is 2.30. The number of sulfonamides is 1. The minimum Gasteiger partial charge on any atom is -0.382 e. The van der Waals surface area contributed by atoms with Gasteiger partial charge < -0.3 is 10.1 Å². The fourth-order valence-corrected chi connectivity index (χ4v) is 6.15. The van der Waals surface area contributed by atoms with Crippen LogP contribution in [-0.4, -0.2) is 54.8 Å². The van der Waals surface area contributed by atoms with Crippen LogP contribution < -0.4 is 5.32 Å². The van der Waals surface area contributed by atoms with Crippen molar-refractivity contribution in [1.29, 1.82) is 0 Å². The van der Waals surface area contributed by atoms with Gasteiger partial charge in [-0.25, -0.2) is 12.8 Å². The number of aromatic nitrogens is 2. The van der Waals surface area contributed by atoms with Crippen molar-refractivity contribution in [3.05, 3.63) is 53.8 Å². The van der Waals surface area contributed by atoms with Gasteiger partial charge in [0.25, 0.3) is 0 Å². The van der Waals surface area contributed by atoms with E-state index in [1.165, 1.54) is 12.1 Å². The summed E-state index contributed by atoms with van der Waals surface area (Å²) in [6, 6.07) is 11.5. The summed E-state index contributed by atoms with van der Waals surface area (Å²) >= 11 is 0. The van der Waals surface area contributed by atoms with Crippen LogP contribution in [0, 0.1) is 5.82 Å². The Bertz CT molecular complexity index is 1210. The third kappa shape index (κ3) is 5.42. The van der Waals surface area contributed by atoms with Crippen LogP contribution in [0.4, 0.5) is 10.2 Å². The second-order valence-electron chi connectivity index (χ2n) is 8.75. The largest absolute Gasteiger partial charge is 0.382 e. The lowest BCUT2D eigenvalue weighted by Crippen LogP contribution is -2.41. The van der Waals surface area contributed by atoms with Gasteiger partial charge in [-0.15, -0.1) is 0 Å². The predicted octanol–water partition coefficient (Wildman–Crippen LogP) is 4.63. The number of piperidine rings is 1. The summed E-state index contributed by atoms with van der Waals surface area (Å²) in [7, 11) is -3.60. The molecule has 1 aliphatic heterocycles. The van der Waals surface area contributed by atoms with Crippen LogP contribution in [0.25, 0.3) is 10.9 Å². The number of hydrogen-bond donors (Lipinski definition) is 1. The first-order valence-corrected chi connectivity index (χ1v) is 13.4. The Labute approximate surface area is 201 Å². The third-order valence-electron chi connectivity index (χ3n) is 6.28. The van der Waals surface area contributed by atoms with Crippen LogP contribution >= 0.6 is 0 Å². The lowest BCUT2D eigenvalue weighted by molar-refractivity contribution is 0.147. The minimum atomic E-state index is -3.60. The monoisotopic (exact) mass is 488 g/mol. The van der Waals surface area contributed by atoms with Crippen LogP contribution in [0.15, 0.2) is 47.4 Å². The van der Waals surface area contributed by atoms with Gasteiger partial charge >= 0.3 is 0 Å². The van der Waals surface area contributed by atoms with E-state index in [0.29, 0.717) is 38.7 Å². The SMILES string of the molecule is CCOCCCNc1nn(Cc2ccc(F)cc2)c2ccc(S(=O)(=O)N3CCCCC3C)cc12. The zero-order valence-electron chi connectivity index (χ0n) is 19.8. The van der Waals surface area contributed by atoms with Crippen molar-refractivity contribution in [3.8, 4) is 0 Å². The van der Waals surface area contributed by atoms with Gasteiger partial charge in [0.05, 0.1) is 17.0 Å². The maximum absolute atomic E-state index is 13.4. The van der Waals surface area contributed by atoms with Gasteiger partial charge in [-0.2, -0.15) is 9.40 Å². The van der Waals surface area contributed by atoms with Crippen LogP contribution in [0.3, 0.4) is 0 Å². The number of benzene rings is 2. The first kappa shape index (κ1) is 24.6. The molecule has 0 amide bonds. The van der Waals surface area contributed by atoms with Gasteiger partial charge in [0.1, 0.15) is 5.82 Å². The molecule has 1 fully saturated rings. The molecular formula is C25H33FN4O3S. The molecule has 34 heavy (non-hydrogen) atoms. The first-order valence-electron chi connectivity index (χ1n) is 12.0. The zero-order chi connectivity index (χ0) is 24.1. The molecule has 1 saturated heterocycles. The van der Waals surface area contributed by atoms with Crippen LogP contribution in [0.5, 0.6) is 0 Å². The fraction of sp³-hybridized carbons (Fsp3) is 0.480. The third-order valence-corrected chi connectivity index (χ3v) is 8.29. The van der Waals surface area contributed by atoms with Gasteiger partial charge in [-0.05, 0) is 69.0 Å². The van der Waals surface area contributed by atoms with Crippen molar-refractivity contribution >= 4 is 26.7 Å². The Balaban J connectivity index is 1.67. The number of ether oxygens (including phenoxy) is 1. The molecule has 1 atom stereocenters. The molecule has 9 heteroatoms. The second kappa shape index (κ2) is 10.8. The molecule has 0 saturated carbocycles. The van der Waals surface area contributed by atoms with Crippen molar-refractivity contribution in [2.75, 3.05) is 31.6 Å². The highest BCUT2D eigenvalue weighted by atomic mass is 32.2. The summed E-state index contributed by atoms with van der Waals surface area (Å²) in [5, 5.41) is 8.84. The Morgan fingerprint density at radius 2 is 1.97 bits per heavy atom. The molecule has 184 valence electrons. The number of nitrogens with one attached hydrogen (secondary N) is 1. The molecule has 3 aromatic rings. The molecule has 4 rings (SSSR count). The molecule has 2 aromatic carbocycles. The van der Waals surface area contributed by atoms with E-state index in [1.54, 1.807) is 28.6 Å². The lowest BCUT2D eigenvalue weighted by atomic mass is 10.1. The highest BCUT2D eigenvalue weighted by molar-refractivity contribution is 7.89. The zero-order valence-corrected chi connectivity index (χ0v) is 20.7. The number of nitrogens with zero attached hydrogens (tertiary/aromatic N) is 3. The van der Waals surface area contributed by atoms with Crippen molar-refractivity contribution in [2.45, 2.75) is 57.0 Å². The molecule has 1 aromatic heterocycles. The summed E-state index contributed by atoms with van der Waals surface area (Å²) < 4.78 is 49.1. The Kier molecular flexibility index (Phi) is 7.85. The topological polar surface area (TPSA) is 76.5 Å². The first-order chi connectivity index (χ1) is 16.4. The van der Waals surface area contributed by atoms with E-state index >= 15 is 0 Å². The van der Waals surface area contributed by atoms with E-state index in [1.807, 2.05) is 24.6 Å². The van der Waals surface area contributed by atoms with Crippen LogP contribution in [0.2, 0.25) is 0 Å². The molecule has 0 spiro atoms. The van der Waals surface area contributed by atoms with Gasteiger partial charge in [-0.3, -0.25) is 4.68 Å². The van der Waals surface area contributed by atoms with Crippen molar-refractivity contribution in [1.82, 2.24) is 14.1 Å². The van der Waals surface area contributed by atoms with Gasteiger partial charge in [-0.1, -0.05) is 18.6 Å². The van der Waals surface area contributed by atoms with Gasteiger partial charge in [0.2, 0.25) is 10.0 Å². The van der Waals surface area contributed by atoms with E-state index in [0.717, 1.165) is 42.1 Å². The quantitative estimate of drug-likeness (QED) is 0.421. The summed E-state index contributed by atoms with van der Waals surface area (Å²) in [6.07, 6.45) is 3.62. The maximum atomic E-state index is 13.4. The van der Waals surface area contributed by atoms with E-state index < -0.39 is 10.0 Å². The van der Waals surface area contributed by atoms with Crippen molar-refractivity contribution in [2.24, 2.45) is 0 Å². The highest BCUT2D eigenvalue weighted by Gasteiger charge is 2.31. The number of anilines is 1. The predicted molar refractivity (Wildman–Crippen MR) is 132 cm³/mol. The lowest BCUT2D eigenvalue weighted by Gasteiger charge is -2.32. The van der Waals surface area contributed by atoms with E-state index in [-0.39, 0.29) is 16.8 Å². The molecule has 1 aliphatic rings. The average molecular weight is 489 g/mol. The second-order valence-corrected chi connectivity index (χ2v) is 10.6. The molecule has 7 nitrogen and oxygen atoms in total. The number of fused-ring (bicyclic) bond motifs is 1. The standard InChI is InChI=1S/C25H33FN4O3S/c1-3-33-16-6-14-27-25-23-17-22(34(31,32)30-15-5-4-7-19(30)2)12-13-24(23)29(28-25)18-20-8-10-21(26)11-9-20/h8-13,17,19H,3-7,14-16,18H2,1-2H3,(H,27,28). The summed E-state index contributed by atoms with van der Waals surface area (Å²) in [5.74, 6) is 0.352. The summed E-state index contributed by atoms with van der Waals surface area (Å²) in [5.41, 5.74) is 1.73. The van der Waals surface area contributed by atoms with Crippen molar-refractivity contribution < 1.29 is 17.5 Å². The van der Waals surface area contributed by atoms with Gasteiger partial charge in [0, 0.05) is 37.7 Å². The molecule has 1 N–H and O–H groups in total. The smallest absolute Gasteiger partial charge is 0.243 e. The van der Waals surface area contributed by atoms with Crippen LogP contribution in [-0.2, 0) is 21.3 Å². The Hall–Kier alpha value is -2.49. The molecule has 0 radical (unpaired) electrons. The number of hydrogen-bond acceptors (Lipinski definition) is 5. The van der Waals surface area contributed by atoms with E-state index in [4.69, 9.17) is 9.84 Å². The molecule has 2 heterocycles. The van der Waals surface area contributed by atoms with Crippen LogP contribution in [0.1, 0.15) is 45.1 Å². The summed E-state index contributed by atoms with van der Waals surface area (Å²) in [6.45, 7) is 6.91. The summed E-state index contributed by atoms with van der Waals surface area (Å²) in [4.78, 5) is 0.285. The fourth-order valence-electron chi connectivity index (χ4n) is 4.42. The van der Waals surface area contributed by atoms with E-state index in [2.05, 4.69) is 5.32 Å². The van der Waals surface area contributed by atoms with Gasteiger partial charge in [0.15, 0.2) is 5.82 Å². The van der Waals surface area contributed by atoms with Crippen molar-refractivity contribution in [3.63, 3.8) is 0 Å². The van der Waals surface area contributed by atoms with E-state index in [9.17, 15) is 12.8 Å². The Morgan fingerprint density at radius 3 is 2.71 bits per heavy atom. The molecule has 0 aliphatic carbocycles. The number of halogens is 1. The molecule has 0 bridgehead atoms. The molecule has 1 unspecified atom stereocenters. The Morgan fingerprint density at radius 1 is 1.18 bits per heavy atom. The maximum Gasteiger partial charge on any atom is 0.243 e.